The average Bonchev–Trinajstić information content (AvgIpc) is 2.73. The number of carbonyl (C=O) groups is 2. The summed E-state index contributed by atoms with van der Waals surface area (Å²) in [4.78, 5) is 25.3. The standard InChI is InChI=1S/C16H19NO3/c1-10(2)12-5-7-13(8-6-12)17-11(3)14(9-15(17)18)16(19)20-4/h5-8,10H,9H2,1-4H3. The molecular weight excluding hydrogens is 254 g/mol. The van der Waals surface area contributed by atoms with Crippen LogP contribution in [0.1, 0.15) is 38.7 Å². The third kappa shape index (κ3) is 2.46. The van der Waals surface area contributed by atoms with Gasteiger partial charge in [-0.25, -0.2) is 4.79 Å². The van der Waals surface area contributed by atoms with Crippen molar-refractivity contribution in [2.75, 3.05) is 12.0 Å². The maximum absolute atomic E-state index is 12.1. The van der Waals surface area contributed by atoms with Crippen LogP contribution in [0.2, 0.25) is 0 Å². The molecular formula is C16H19NO3. The molecule has 1 heterocycles. The first-order valence-corrected chi connectivity index (χ1v) is 6.66. The van der Waals surface area contributed by atoms with Gasteiger partial charge in [0.1, 0.15) is 0 Å². The molecule has 0 aromatic heterocycles. The van der Waals surface area contributed by atoms with E-state index in [-0.39, 0.29) is 12.3 Å². The second-order valence-corrected chi connectivity index (χ2v) is 5.21. The van der Waals surface area contributed by atoms with Crippen molar-refractivity contribution in [3.63, 3.8) is 0 Å². The van der Waals surface area contributed by atoms with Gasteiger partial charge in [0.05, 0.1) is 19.1 Å². The van der Waals surface area contributed by atoms with Gasteiger partial charge < -0.3 is 4.74 Å². The third-order valence-electron chi connectivity index (χ3n) is 3.60. The van der Waals surface area contributed by atoms with E-state index in [4.69, 9.17) is 4.74 Å². The van der Waals surface area contributed by atoms with Gasteiger partial charge in [-0.3, -0.25) is 9.69 Å². The highest BCUT2D eigenvalue weighted by Crippen LogP contribution is 2.31. The first kappa shape index (κ1) is 14.3. The number of carbonyl (C=O) groups excluding carboxylic acids is 2. The van der Waals surface area contributed by atoms with Crippen LogP contribution >= 0.6 is 0 Å². The number of methoxy groups -OCH3 is 1. The minimum absolute atomic E-state index is 0.0970. The molecule has 0 atom stereocenters. The zero-order valence-corrected chi connectivity index (χ0v) is 12.3. The Morgan fingerprint density at radius 1 is 1.25 bits per heavy atom. The molecule has 0 saturated heterocycles. The Bertz CT molecular complexity index is 570. The van der Waals surface area contributed by atoms with Crippen LogP contribution in [0.4, 0.5) is 5.69 Å². The smallest absolute Gasteiger partial charge is 0.336 e. The lowest BCUT2D eigenvalue weighted by Crippen LogP contribution is -2.23. The number of nitrogens with zero attached hydrogens (tertiary/aromatic N) is 1. The normalized spacial score (nSPS) is 15.2. The maximum atomic E-state index is 12.1. The summed E-state index contributed by atoms with van der Waals surface area (Å²) in [5, 5.41) is 0. The molecule has 4 heteroatoms. The Labute approximate surface area is 119 Å². The molecule has 0 aliphatic carbocycles. The molecule has 0 saturated carbocycles. The molecule has 0 spiro atoms. The number of hydrogen-bond donors (Lipinski definition) is 0. The van der Waals surface area contributed by atoms with Crippen molar-refractivity contribution in [2.24, 2.45) is 0 Å². The van der Waals surface area contributed by atoms with Crippen molar-refractivity contribution in [1.29, 1.82) is 0 Å². The molecule has 106 valence electrons. The number of hydrogen-bond acceptors (Lipinski definition) is 3. The molecule has 20 heavy (non-hydrogen) atoms. The monoisotopic (exact) mass is 273 g/mol. The quantitative estimate of drug-likeness (QED) is 0.795. The van der Waals surface area contributed by atoms with Crippen molar-refractivity contribution in [3.05, 3.63) is 41.1 Å². The van der Waals surface area contributed by atoms with E-state index in [0.717, 1.165) is 5.69 Å². The fraction of sp³-hybridized carbons (Fsp3) is 0.375. The van der Waals surface area contributed by atoms with Crippen LogP contribution in [0.3, 0.4) is 0 Å². The Morgan fingerprint density at radius 2 is 1.85 bits per heavy atom. The van der Waals surface area contributed by atoms with Crippen molar-refractivity contribution < 1.29 is 14.3 Å². The summed E-state index contributed by atoms with van der Waals surface area (Å²) in [5.74, 6) is -0.0852. The molecule has 0 unspecified atom stereocenters. The third-order valence-corrected chi connectivity index (χ3v) is 3.60. The van der Waals surface area contributed by atoms with Crippen LogP contribution in [0.25, 0.3) is 0 Å². The summed E-state index contributed by atoms with van der Waals surface area (Å²) in [6, 6.07) is 7.85. The zero-order chi connectivity index (χ0) is 14.9. The molecule has 0 bridgehead atoms. The minimum Gasteiger partial charge on any atom is -0.466 e. The van der Waals surface area contributed by atoms with Gasteiger partial charge >= 0.3 is 5.97 Å². The SMILES string of the molecule is COC(=O)C1=C(C)N(c2ccc(C(C)C)cc2)C(=O)C1. The molecule has 2 rings (SSSR count). The number of anilines is 1. The lowest BCUT2D eigenvalue weighted by atomic mass is 10.0. The predicted molar refractivity (Wildman–Crippen MR) is 77.4 cm³/mol. The molecule has 0 N–H and O–H groups in total. The topological polar surface area (TPSA) is 46.6 Å². The molecule has 1 amide bonds. The van der Waals surface area contributed by atoms with Crippen LogP contribution in [-0.2, 0) is 14.3 Å². The molecule has 4 nitrogen and oxygen atoms in total. The summed E-state index contributed by atoms with van der Waals surface area (Å²) in [6.45, 7) is 6.01. The summed E-state index contributed by atoms with van der Waals surface area (Å²) in [5.41, 5.74) is 3.09. The van der Waals surface area contributed by atoms with Gasteiger partial charge in [0, 0.05) is 11.4 Å². The van der Waals surface area contributed by atoms with E-state index in [1.54, 1.807) is 11.8 Å². The first-order valence-electron chi connectivity index (χ1n) is 6.66. The van der Waals surface area contributed by atoms with E-state index in [1.807, 2.05) is 24.3 Å². The Balaban J connectivity index is 2.34. The average molecular weight is 273 g/mol. The van der Waals surface area contributed by atoms with E-state index in [1.165, 1.54) is 12.7 Å². The number of ether oxygens (including phenoxy) is 1. The van der Waals surface area contributed by atoms with E-state index >= 15 is 0 Å². The number of benzene rings is 1. The summed E-state index contributed by atoms with van der Waals surface area (Å²) < 4.78 is 4.71. The Hall–Kier alpha value is -2.10. The number of amides is 1. The highest BCUT2D eigenvalue weighted by atomic mass is 16.5. The number of esters is 1. The van der Waals surface area contributed by atoms with Crippen LogP contribution < -0.4 is 4.90 Å². The van der Waals surface area contributed by atoms with E-state index in [0.29, 0.717) is 17.2 Å². The highest BCUT2D eigenvalue weighted by Gasteiger charge is 2.32. The molecule has 1 aliphatic heterocycles. The van der Waals surface area contributed by atoms with Gasteiger partial charge in [0.25, 0.3) is 0 Å². The Morgan fingerprint density at radius 3 is 2.35 bits per heavy atom. The van der Waals surface area contributed by atoms with Crippen molar-refractivity contribution in [2.45, 2.75) is 33.1 Å². The van der Waals surface area contributed by atoms with Gasteiger partial charge in [0.2, 0.25) is 5.91 Å². The van der Waals surface area contributed by atoms with Crippen molar-refractivity contribution in [1.82, 2.24) is 0 Å². The lowest BCUT2D eigenvalue weighted by molar-refractivity contribution is -0.136. The molecule has 0 radical (unpaired) electrons. The second kappa shape index (κ2) is 5.49. The lowest BCUT2D eigenvalue weighted by Gasteiger charge is -2.19. The molecule has 0 fully saturated rings. The summed E-state index contributed by atoms with van der Waals surface area (Å²) in [7, 11) is 1.33. The fourth-order valence-electron chi connectivity index (χ4n) is 2.37. The largest absolute Gasteiger partial charge is 0.466 e. The molecule has 1 aromatic carbocycles. The number of rotatable bonds is 3. The maximum Gasteiger partial charge on any atom is 0.336 e. The van der Waals surface area contributed by atoms with Gasteiger partial charge in [-0.1, -0.05) is 26.0 Å². The van der Waals surface area contributed by atoms with Gasteiger partial charge in [-0.2, -0.15) is 0 Å². The van der Waals surface area contributed by atoms with Crippen LogP contribution in [-0.4, -0.2) is 19.0 Å². The summed E-state index contributed by atoms with van der Waals surface area (Å²) >= 11 is 0. The Kier molecular flexibility index (Phi) is 3.93. The van der Waals surface area contributed by atoms with Gasteiger partial charge in [-0.05, 0) is 30.5 Å². The zero-order valence-electron chi connectivity index (χ0n) is 12.3. The fourth-order valence-corrected chi connectivity index (χ4v) is 2.37. The van der Waals surface area contributed by atoms with Crippen LogP contribution in [0.15, 0.2) is 35.5 Å². The van der Waals surface area contributed by atoms with E-state index in [9.17, 15) is 9.59 Å². The minimum atomic E-state index is -0.433. The predicted octanol–water partition coefficient (Wildman–Crippen LogP) is 2.99. The first-order chi connectivity index (χ1) is 9.45. The second-order valence-electron chi connectivity index (χ2n) is 5.21. The van der Waals surface area contributed by atoms with Gasteiger partial charge in [0.15, 0.2) is 0 Å². The number of allylic oxidation sites excluding steroid dienone is 1. The summed E-state index contributed by atoms with van der Waals surface area (Å²) in [6.07, 6.45) is 0.102. The van der Waals surface area contributed by atoms with E-state index < -0.39 is 5.97 Å². The van der Waals surface area contributed by atoms with Gasteiger partial charge in [-0.15, -0.1) is 0 Å². The molecule has 1 aliphatic rings. The molecule has 1 aromatic rings. The van der Waals surface area contributed by atoms with Crippen LogP contribution in [0.5, 0.6) is 0 Å². The van der Waals surface area contributed by atoms with Crippen LogP contribution in [0, 0.1) is 0 Å². The van der Waals surface area contributed by atoms with Crippen molar-refractivity contribution >= 4 is 17.6 Å². The van der Waals surface area contributed by atoms with Crippen molar-refractivity contribution in [3.8, 4) is 0 Å². The van der Waals surface area contributed by atoms with E-state index in [2.05, 4.69) is 13.8 Å². The highest BCUT2D eigenvalue weighted by molar-refractivity contribution is 6.09.